The van der Waals surface area contributed by atoms with E-state index in [9.17, 15) is 4.79 Å². The maximum absolute atomic E-state index is 12.1. The molecule has 1 aliphatic carbocycles. The number of nitrogens with one attached hydrogen (secondary N) is 1. The van der Waals surface area contributed by atoms with Crippen molar-refractivity contribution in [2.75, 3.05) is 6.54 Å². The molecule has 4 heteroatoms. The zero-order valence-corrected chi connectivity index (χ0v) is 13.4. The molecule has 3 N–H and O–H groups in total. The van der Waals surface area contributed by atoms with Gasteiger partial charge >= 0.3 is 0 Å². The van der Waals surface area contributed by atoms with Crippen LogP contribution in [0.15, 0.2) is 42.5 Å². The van der Waals surface area contributed by atoms with Crippen molar-refractivity contribution >= 4 is 29.1 Å². The van der Waals surface area contributed by atoms with Gasteiger partial charge in [0, 0.05) is 13.0 Å². The molecule has 1 fully saturated rings. The molecule has 2 aromatic rings. The van der Waals surface area contributed by atoms with Gasteiger partial charge in [0.05, 0.1) is 6.04 Å². The van der Waals surface area contributed by atoms with E-state index < -0.39 is 0 Å². The predicted octanol–water partition coefficient (Wildman–Crippen LogP) is 3.57. The van der Waals surface area contributed by atoms with E-state index in [1.807, 2.05) is 12.1 Å². The standard InChI is InChI=1S/C18H22N2O.ClH/c19-12-17(20-18(21)10-13-4-3-5-13)16-9-8-14-6-1-2-7-15(14)11-16;/h1-2,6-9,11,13,17H,3-5,10,12,19H2,(H,20,21);1H. The lowest BCUT2D eigenvalue weighted by Gasteiger charge is -2.26. The van der Waals surface area contributed by atoms with Crippen molar-refractivity contribution in [3.05, 3.63) is 48.0 Å². The lowest BCUT2D eigenvalue weighted by molar-refractivity contribution is -0.123. The minimum atomic E-state index is -0.0952. The zero-order chi connectivity index (χ0) is 14.7. The molecule has 1 saturated carbocycles. The summed E-state index contributed by atoms with van der Waals surface area (Å²) < 4.78 is 0. The van der Waals surface area contributed by atoms with Gasteiger partial charge in [0.25, 0.3) is 0 Å². The van der Waals surface area contributed by atoms with Gasteiger partial charge in [-0.3, -0.25) is 4.79 Å². The summed E-state index contributed by atoms with van der Waals surface area (Å²) in [7, 11) is 0. The van der Waals surface area contributed by atoms with Gasteiger partial charge in [0.2, 0.25) is 5.91 Å². The lowest BCUT2D eigenvalue weighted by Crippen LogP contribution is -2.35. The maximum atomic E-state index is 12.1. The van der Waals surface area contributed by atoms with Crippen LogP contribution in [0.25, 0.3) is 10.8 Å². The van der Waals surface area contributed by atoms with E-state index in [1.54, 1.807) is 0 Å². The molecule has 0 saturated heterocycles. The summed E-state index contributed by atoms with van der Waals surface area (Å²) in [6, 6.07) is 14.4. The first-order valence-electron chi connectivity index (χ1n) is 7.74. The van der Waals surface area contributed by atoms with Gasteiger partial charge in [0.15, 0.2) is 0 Å². The second kappa shape index (κ2) is 7.61. The molecule has 0 bridgehead atoms. The SMILES string of the molecule is Cl.NCC(NC(=O)CC1CCC1)c1ccc2ccccc2c1. The van der Waals surface area contributed by atoms with Crippen LogP contribution in [0.1, 0.15) is 37.3 Å². The number of benzene rings is 2. The summed E-state index contributed by atoms with van der Waals surface area (Å²) in [4.78, 5) is 12.1. The highest BCUT2D eigenvalue weighted by Gasteiger charge is 2.22. The Morgan fingerprint density at radius 1 is 1.18 bits per heavy atom. The first-order chi connectivity index (χ1) is 10.3. The monoisotopic (exact) mass is 318 g/mol. The van der Waals surface area contributed by atoms with Crippen LogP contribution in [0.4, 0.5) is 0 Å². The number of rotatable bonds is 5. The summed E-state index contributed by atoms with van der Waals surface area (Å²) >= 11 is 0. The van der Waals surface area contributed by atoms with Crippen molar-refractivity contribution in [1.29, 1.82) is 0 Å². The van der Waals surface area contributed by atoms with Gasteiger partial charge in [-0.15, -0.1) is 12.4 Å². The molecule has 3 rings (SSSR count). The maximum Gasteiger partial charge on any atom is 0.220 e. The summed E-state index contributed by atoms with van der Waals surface area (Å²) in [5.74, 6) is 0.711. The molecule has 1 aliphatic rings. The summed E-state index contributed by atoms with van der Waals surface area (Å²) in [5.41, 5.74) is 6.94. The molecule has 3 nitrogen and oxygen atoms in total. The van der Waals surface area contributed by atoms with E-state index in [1.165, 1.54) is 30.0 Å². The summed E-state index contributed by atoms with van der Waals surface area (Å²) in [6.45, 7) is 0.425. The fourth-order valence-electron chi connectivity index (χ4n) is 2.92. The van der Waals surface area contributed by atoms with Crippen molar-refractivity contribution in [3.8, 4) is 0 Å². The zero-order valence-electron chi connectivity index (χ0n) is 12.6. The quantitative estimate of drug-likeness (QED) is 0.885. The molecule has 1 amide bonds. The number of amides is 1. The molecule has 1 unspecified atom stereocenters. The number of fused-ring (bicyclic) bond motifs is 1. The van der Waals surface area contributed by atoms with Gasteiger partial charge in [0.1, 0.15) is 0 Å². The minimum Gasteiger partial charge on any atom is -0.348 e. The number of nitrogens with two attached hydrogens (primary N) is 1. The Bertz CT molecular complexity index is 640. The molecule has 0 spiro atoms. The Balaban J connectivity index is 0.00000176. The highest BCUT2D eigenvalue weighted by Crippen LogP contribution is 2.29. The molecule has 0 aliphatic heterocycles. The van der Waals surface area contributed by atoms with Crippen LogP contribution in [0.3, 0.4) is 0 Å². The van der Waals surface area contributed by atoms with E-state index in [4.69, 9.17) is 5.73 Å². The Morgan fingerprint density at radius 3 is 2.55 bits per heavy atom. The smallest absolute Gasteiger partial charge is 0.220 e. The summed E-state index contributed by atoms with van der Waals surface area (Å²) in [5, 5.41) is 5.47. The first kappa shape index (κ1) is 16.8. The highest BCUT2D eigenvalue weighted by atomic mass is 35.5. The molecular formula is C18H23ClN2O. The predicted molar refractivity (Wildman–Crippen MR) is 93.1 cm³/mol. The molecular weight excluding hydrogens is 296 g/mol. The topological polar surface area (TPSA) is 55.1 Å². The van der Waals surface area contributed by atoms with Crippen LogP contribution < -0.4 is 11.1 Å². The largest absolute Gasteiger partial charge is 0.348 e. The first-order valence-corrected chi connectivity index (χ1v) is 7.74. The second-order valence-corrected chi connectivity index (χ2v) is 5.96. The van der Waals surface area contributed by atoms with E-state index >= 15 is 0 Å². The minimum absolute atomic E-state index is 0. The average Bonchev–Trinajstić information content (AvgIpc) is 2.48. The highest BCUT2D eigenvalue weighted by molar-refractivity contribution is 5.85. The third-order valence-electron chi connectivity index (χ3n) is 4.45. The number of hydrogen-bond donors (Lipinski definition) is 2. The van der Waals surface area contributed by atoms with Crippen molar-refractivity contribution in [3.63, 3.8) is 0 Å². The Morgan fingerprint density at radius 2 is 1.91 bits per heavy atom. The number of hydrogen-bond acceptors (Lipinski definition) is 2. The Kier molecular flexibility index (Phi) is 5.81. The van der Waals surface area contributed by atoms with Crippen molar-refractivity contribution < 1.29 is 4.79 Å². The van der Waals surface area contributed by atoms with Crippen LogP contribution in [-0.2, 0) is 4.79 Å². The van der Waals surface area contributed by atoms with Crippen LogP contribution >= 0.6 is 12.4 Å². The molecule has 22 heavy (non-hydrogen) atoms. The van der Waals surface area contributed by atoms with Gasteiger partial charge in [-0.1, -0.05) is 42.8 Å². The normalized spacial score (nSPS) is 15.7. The van der Waals surface area contributed by atoms with Crippen LogP contribution in [-0.4, -0.2) is 12.5 Å². The summed E-state index contributed by atoms with van der Waals surface area (Å²) in [6.07, 6.45) is 4.29. The second-order valence-electron chi connectivity index (χ2n) is 5.96. The number of halogens is 1. The van der Waals surface area contributed by atoms with Crippen LogP contribution in [0.5, 0.6) is 0 Å². The molecule has 0 aromatic heterocycles. The fourth-order valence-corrected chi connectivity index (χ4v) is 2.92. The third kappa shape index (κ3) is 3.79. The van der Waals surface area contributed by atoms with Crippen LogP contribution in [0.2, 0.25) is 0 Å². The van der Waals surface area contributed by atoms with Crippen molar-refractivity contribution in [2.24, 2.45) is 11.7 Å². The number of carbonyl (C=O) groups is 1. The van der Waals surface area contributed by atoms with E-state index in [-0.39, 0.29) is 24.4 Å². The van der Waals surface area contributed by atoms with E-state index in [0.717, 1.165) is 5.56 Å². The van der Waals surface area contributed by atoms with Crippen molar-refractivity contribution in [2.45, 2.75) is 31.7 Å². The van der Waals surface area contributed by atoms with Crippen molar-refractivity contribution in [1.82, 2.24) is 5.32 Å². The van der Waals surface area contributed by atoms with Gasteiger partial charge < -0.3 is 11.1 Å². The Labute approximate surface area is 137 Å². The molecule has 1 atom stereocenters. The fraction of sp³-hybridized carbons (Fsp3) is 0.389. The van der Waals surface area contributed by atoms with Gasteiger partial charge in [-0.25, -0.2) is 0 Å². The van der Waals surface area contributed by atoms with E-state index in [2.05, 4.69) is 35.6 Å². The average molecular weight is 319 g/mol. The lowest BCUT2D eigenvalue weighted by atomic mass is 9.83. The van der Waals surface area contributed by atoms with Crippen LogP contribution in [0, 0.1) is 5.92 Å². The van der Waals surface area contributed by atoms with E-state index in [0.29, 0.717) is 18.9 Å². The molecule has 0 radical (unpaired) electrons. The Hall–Kier alpha value is -1.58. The molecule has 0 heterocycles. The van der Waals surface area contributed by atoms with Gasteiger partial charge in [-0.05, 0) is 41.2 Å². The molecule has 118 valence electrons. The number of carbonyl (C=O) groups excluding carboxylic acids is 1. The third-order valence-corrected chi connectivity index (χ3v) is 4.45. The van der Waals surface area contributed by atoms with Gasteiger partial charge in [-0.2, -0.15) is 0 Å². The molecule has 2 aromatic carbocycles.